The molecule has 0 saturated heterocycles. The van der Waals surface area contributed by atoms with E-state index < -0.39 is 21.4 Å². The van der Waals surface area contributed by atoms with Gasteiger partial charge in [0.15, 0.2) is 5.03 Å². The molecule has 0 spiro atoms. The van der Waals surface area contributed by atoms with Gasteiger partial charge in [0, 0.05) is 19.8 Å². The summed E-state index contributed by atoms with van der Waals surface area (Å²) in [6, 6.07) is 0. The van der Waals surface area contributed by atoms with Gasteiger partial charge in [-0.3, -0.25) is 4.79 Å². The minimum Gasteiger partial charge on any atom is -0.468 e. The number of carbonyl (C=O) groups excluding carboxylic acids is 1. The van der Waals surface area contributed by atoms with Crippen molar-refractivity contribution in [3.8, 4) is 0 Å². The fraction of sp³-hybridized carbons (Fsp3) is 0.500. The summed E-state index contributed by atoms with van der Waals surface area (Å²) in [5, 5.41) is -1.20. The molecule has 17 heavy (non-hydrogen) atoms. The molecule has 96 valence electrons. The van der Waals surface area contributed by atoms with E-state index in [9.17, 15) is 13.2 Å². The van der Waals surface area contributed by atoms with E-state index >= 15 is 0 Å². The summed E-state index contributed by atoms with van der Waals surface area (Å²) in [6.07, 6.45) is 2.69. The summed E-state index contributed by atoms with van der Waals surface area (Å²) in [5.41, 5.74) is 0. The summed E-state index contributed by atoms with van der Waals surface area (Å²) in [6.45, 7) is -0.257. The SMILES string of the molecule is COC(=O)C(Cl)CNS(=O)(=O)c1cn(C)cn1. The monoisotopic (exact) mass is 281 g/mol. The highest BCUT2D eigenvalue weighted by atomic mass is 35.5. The van der Waals surface area contributed by atoms with Crippen molar-refractivity contribution in [2.75, 3.05) is 13.7 Å². The Balaban J connectivity index is 2.66. The largest absolute Gasteiger partial charge is 0.468 e. The molecule has 0 bridgehead atoms. The van der Waals surface area contributed by atoms with Crippen LogP contribution in [0.3, 0.4) is 0 Å². The number of hydrogen-bond donors (Lipinski definition) is 1. The quantitative estimate of drug-likeness (QED) is 0.579. The van der Waals surface area contributed by atoms with Gasteiger partial charge in [-0.25, -0.2) is 18.1 Å². The molecule has 0 aliphatic rings. The summed E-state index contributed by atoms with van der Waals surface area (Å²) >= 11 is 5.60. The van der Waals surface area contributed by atoms with Gasteiger partial charge in [0.2, 0.25) is 0 Å². The van der Waals surface area contributed by atoms with Crippen molar-refractivity contribution < 1.29 is 17.9 Å². The van der Waals surface area contributed by atoms with E-state index in [1.165, 1.54) is 24.2 Å². The number of hydrogen-bond acceptors (Lipinski definition) is 5. The third-order valence-electron chi connectivity index (χ3n) is 1.87. The normalized spacial score (nSPS) is 13.4. The van der Waals surface area contributed by atoms with Crippen LogP contribution in [-0.4, -0.2) is 43.0 Å². The second-order valence-electron chi connectivity index (χ2n) is 3.22. The van der Waals surface area contributed by atoms with Gasteiger partial charge >= 0.3 is 5.97 Å². The maximum absolute atomic E-state index is 11.7. The molecule has 1 N–H and O–H groups in total. The lowest BCUT2D eigenvalue weighted by Crippen LogP contribution is -2.34. The summed E-state index contributed by atoms with van der Waals surface area (Å²) in [7, 11) is -0.935. The summed E-state index contributed by atoms with van der Waals surface area (Å²) in [5.74, 6) is -0.699. The van der Waals surface area contributed by atoms with Crippen LogP contribution in [-0.2, 0) is 26.6 Å². The van der Waals surface area contributed by atoms with E-state index in [4.69, 9.17) is 11.6 Å². The highest BCUT2D eigenvalue weighted by Gasteiger charge is 2.22. The average Bonchev–Trinajstić information content (AvgIpc) is 2.72. The molecule has 0 aliphatic carbocycles. The Kier molecular flexibility index (Phi) is 4.49. The number of halogens is 1. The fourth-order valence-electron chi connectivity index (χ4n) is 0.996. The molecule has 0 aromatic carbocycles. The van der Waals surface area contributed by atoms with E-state index in [1.54, 1.807) is 7.05 Å². The fourth-order valence-corrected chi connectivity index (χ4v) is 2.28. The van der Waals surface area contributed by atoms with Crippen molar-refractivity contribution in [1.82, 2.24) is 14.3 Å². The highest BCUT2D eigenvalue weighted by Crippen LogP contribution is 2.05. The number of ether oxygens (including phenoxy) is 1. The van der Waals surface area contributed by atoms with Crippen molar-refractivity contribution >= 4 is 27.6 Å². The lowest BCUT2D eigenvalue weighted by atomic mass is 10.4. The number of sulfonamides is 1. The Morgan fingerprint density at radius 1 is 1.71 bits per heavy atom. The third-order valence-corrected chi connectivity index (χ3v) is 3.51. The van der Waals surface area contributed by atoms with Gasteiger partial charge in [0.25, 0.3) is 10.0 Å². The van der Waals surface area contributed by atoms with Crippen molar-refractivity contribution in [3.63, 3.8) is 0 Å². The van der Waals surface area contributed by atoms with Crippen molar-refractivity contribution in [2.45, 2.75) is 10.4 Å². The second kappa shape index (κ2) is 5.48. The maximum Gasteiger partial charge on any atom is 0.325 e. The lowest BCUT2D eigenvalue weighted by molar-refractivity contribution is -0.140. The number of imidazole rings is 1. The van der Waals surface area contributed by atoms with E-state index in [2.05, 4.69) is 14.4 Å². The molecular formula is C8H12ClN3O4S. The zero-order valence-corrected chi connectivity index (χ0v) is 10.8. The van der Waals surface area contributed by atoms with Gasteiger partial charge in [0.05, 0.1) is 13.4 Å². The number of nitrogens with zero attached hydrogens (tertiary/aromatic N) is 2. The molecule has 0 amide bonds. The number of carbonyl (C=O) groups is 1. The molecule has 7 nitrogen and oxygen atoms in total. The predicted molar refractivity (Wildman–Crippen MR) is 60.1 cm³/mol. The molecule has 0 fully saturated rings. The first-order chi connectivity index (χ1) is 7.86. The molecule has 0 aliphatic heterocycles. The lowest BCUT2D eigenvalue weighted by Gasteiger charge is -2.08. The average molecular weight is 282 g/mol. The molecule has 1 atom stereocenters. The van der Waals surface area contributed by atoms with Crippen LogP contribution >= 0.6 is 11.6 Å². The Morgan fingerprint density at radius 2 is 2.35 bits per heavy atom. The molecule has 9 heteroatoms. The minimum atomic E-state index is -3.75. The Labute approximate surface area is 104 Å². The number of rotatable bonds is 5. The molecule has 1 rings (SSSR count). The maximum atomic E-state index is 11.7. The number of methoxy groups -OCH3 is 1. The molecular weight excluding hydrogens is 270 g/mol. The van der Waals surface area contributed by atoms with Crippen molar-refractivity contribution in [1.29, 1.82) is 0 Å². The van der Waals surface area contributed by atoms with Gasteiger partial charge in [-0.2, -0.15) is 0 Å². The van der Waals surface area contributed by atoms with Crippen LogP contribution in [0.4, 0.5) is 0 Å². The van der Waals surface area contributed by atoms with Crippen LogP contribution < -0.4 is 4.72 Å². The number of aryl methyl sites for hydroxylation is 1. The Bertz CT molecular complexity index is 499. The first-order valence-electron chi connectivity index (χ1n) is 4.56. The summed E-state index contributed by atoms with van der Waals surface area (Å²) in [4.78, 5) is 14.6. The molecule has 1 aromatic heterocycles. The van der Waals surface area contributed by atoms with Crippen molar-refractivity contribution in [3.05, 3.63) is 12.5 Å². The zero-order chi connectivity index (χ0) is 13.1. The molecule has 0 radical (unpaired) electrons. The number of esters is 1. The number of alkyl halides is 1. The van der Waals surface area contributed by atoms with Crippen LogP contribution in [0.2, 0.25) is 0 Å². The molecule has 1 unspecified atom stereocenters. The topological polar surface area (TPSA) is 90.3 Å². The predicted octanol–water partition coefficient (Wildman–Crippen LogP) is -0.521. The van der Waals surface area contributed by atoms with Crippen LogP contribution in [0.25, 0.3) is 0 Å². The highest BCUT2D eigenvalue weighted by molar-refractivity contribution is 7.89. The molecule has 0 saturated carbocycles. The van der Waals surface area contributed by atoms with Crippen LogP contribution in [0.5, 0.6) is 0 Å². The first-order valence-corrected chi connectivity index (χ1v) is 6.48. The summed E-state index contributed by atoms with van der Waals surface area (Å²) < 4.78 is 31.3. The van der Waals surface area contributed by atoms with E-state index in [-0.39, 0.29) is 11.6 Å². The third kappa shape index (κ3) is 3.69. The molecule has 1 aromatic rings. The standard InChI is InChI=1S/C8H12ClN3O4S/c1-12-4-7(10-5-12)17(14,15)11-3-6(9)8(13)16-2/h4-6,11H,3H2,1-2H3. The van der Waals surface area contributed by atoms with Gasteiger partial charge < -0.3 is 9.30 Å². The van der Waals surface area contributed by atoms with Crippen LogP contribution in [0.1, 0.15) is 0 Å². The van der Waals surface area contributed by atoms with E-state index in [0.29, 0.717) is 0 Å². The zero-order valence-electron chi connectivity index (χ0n) is 9.25. The number of aromatic nitrogens is 2. The van der Waals surface area contributed by atoms with Crippen LogP contribution in [0, 0.1) is 0 Å². The molecule has 1 heterocycles. The second-order valence-corrected chi connectivity index (χ2v) is 5.46. The van der Waals surface area contributed by atoms with Gasteiger partial charge in [0.1, 0.15) is 5.38 Å². The van der Waals surface area contributed by atoms with Gasteiger partial charge in [-0.05, 0) is 0 Å². The number of nitrogens with one attached hydrogen (secondary N) is 1. The van der Waals surface area contributed by atoms with Gasteiger partial charge in [-0.1, -0.05) is 0 Å². The first kappa shape index (κ1) is 13.9. The Morgan fingerprint density at radius 3 is 2.82 bits per heavy atom. The van der Waals surface area contributed by atoms with Crippen molar-refractivity contribution in [2.24, 2.45) is 7.05 Å². The van der Waals surface area contributed by atoms with Crippen LogP contribution in [0.15, 0.2) is 17.6 Å². The minimum absolute atomic E-state index is 0.131. The van der Waals surface area contributed by atoms with E-state index in [0.717, 1.165) is 0 Å². The Hall–Kier alpha value is -1.12. The van der Waals surface area contributed by atoms with E-state index in [1.807, 2.05) is 0 Å². The van der Waals surface area contributed by atoms with Gasteiger partial charge in [-0.15, -0.1) is 11.6 Å². The smallest absolute Gasteiger partial charge is 0.325 e.